The van der Waals surface area contributed by atoms with E-state index in [2.05, 4.69) is 20.0 Å². The smallest absolute Gasteiger partial charge is 0.242 e. The van der Waals surface area contributed by atoms with Crippen LogP contribution in [0.25, 0.3) is 0 Å². The van der Waals surface area contributed by atoms with Crippen molar-refractivity contribution in [1.29, 1.82) is 0 Å². The summed E-state index contributed by atoms with van der Waals surface area (Å²) in [4.78, 5) is 8.06. The molecule has 0 atom stereocenters. The number of sulfonamides is 1. The molecule has 20 heavy (non-hydrogen) atoms. The van der Waals surface area contributed by atoms with E-state index in [9.17, 15) is 8.42 Å². The molecule has 0 bridgehead atoms. The van der Waals surface area contributed by atoms with Gasteiger partial charge in [-0.2, -0.15) is 0 Å². The molecular formula is C13H16N4O2S. The summed E-state index contributed by atoms with van der Waals surface area (Å²) in [5, 5.41) is 2.84. The quantitative estimate of drug-likeness (QED) is 0.831. The van der Waals surface area contributed by atoms with Gasteiger partial charge in [-0.1, -0.05) is 0 Å². The molecule has 0 aromatic carbocycles. The van der Waals surface area contributed by atoms with Crippen molar-refractivity contribution in [3.05, 3.63) is 48.4 Å². The second-order valence-electron chi connectivity index (χ2n) is 4.13. The van der Waals surface area contributed by atoms with Crippen LogP contribution < -0.4 is 10.0 Å². The highest BCUT2D eigenvalue weighted by atomic mass is 32.2. The highest BCUT2D eigenvalue weighted by molar-refractivity contribution is 7.89. The lowest BCUT2D eigenvalue weighted by atomic mass is 10.2. The number of anilines is 1. The first-order valence-corrected chi connectivity index (χ1v) is 7.62. The summed E-state index contributed by atoms with van der Waals surface area (Å²) < 4.78 is 26.6. The standard InChI is InChI=1S/C13H16N4O2S/c1-14-13-3-2-12(10-16-13)20(18,19)17-9-6-11-4-7-15-8-5-11/h2-5,7-8,10,17H,6,9H2,1H3,(H,14,16). The van der Waals surface area contributed by atoms with Crippen molar-refractivity contribution in [2.45, 2.75) is 11.3 Å². The molecule has 0 unspecified atom stereocenters. The average Bonchev–Trinajstić information content (AvgIpc) is 2.48. The summed E-state index contributed by atoms with van der Waals surface area (Å²) in [7, 11) is -1.79. The van der Waals surface area contributed by atoms with Gasteiger partial charge in [0.1, 0.15) is 10.7 Å². The van der Waals surface area contributed by atoms with Crippen LogP contribution in [0.2, 0.25) is 0 Å². The van der Waals surface area contributed by atoms with Crippen molar-refractivity contribution in [3.8, 4) is 0 Å². The largest absolute Gasteiger partial charge is 0.373 e. The number of rotatable bonds is 6. The van der Waals surface area contributed by atoms with Gasteiger partial charge < -0.3 is 5.32 Å². The summed E-state index contributed by atoms with van der Waals surface area (Å²) in [6.07, 6.45) is 5.32. The van der Waals surface area contributed by atoms with Gasteiger partial charge in [-0.15, -0.1) is 0 Å². The van der Waals surface area contributed by atoms with E-state index in [4.69, 9.17) is 0 Å². The Morgan fingerprint density at radius 3 is 2.50 bits per heavy atom. The van der Waals surface area contributed by atoms with Crippen molar-refractivity contribution in [2.24, 2.45) is 0 Å². The van der Waals surface area contributed by atoms with E-state index in [1.54, 1.807) is 25.5 Å². The van der Waals surface area contributed by atoms with Crippen LogP contribution in [0, 0.1) is 0 Å². The molecule has 2 N–H and O–H groups in total. The monoisotopic (exact) mass is 292 g/mol. The molecule has 2 heterocycles. The molecule has 2 aromatic heterocycles. The van der Waals surface area contributed by atoms with Crippen molar-refractivity contribution >= 4 is 15.8 Å². The zero-order valence-corrected chi connectivity index (χ0v) is 11.9. The molecule has 0 saturated heterocycles. The topological polar surface area (TPSA) is 84.0 Å². The molecule has 0 aliphatic heterocycles. The second kappa shape index (κ2) is 6.44. The van der Waals surface area contributed by atoms with Crippen LogP contribution in [0.3, 0.4) is 0 Å². The zero-order valence-electron chi connectivity index (χ0n) is 11.1. The van der Waals surface area contributed by atoms with Crippen molar-refractivity contribution in [1.82, 2.24) is 14.7 Å². The lowest BCUT2D eigenvalue weighted by Gasteiger charge is -2.07. The number of nitrogens with zero attached hydrogens (tertiary/aromatic N) is 2. The molecule has 0 fully saturated rings. The van der Waals surface area contributed by atoms with E-state index < -0.39 is 10.0 Å². The van der Waals surface area contributed by atoms with Crippen molar-refractivity contribution in [3.63, 3.8) is 0 Å². The Morgan fingerprint density at radius 2 is 1.90 bits per heavy atom. The molecule has 106 valence electrons. The molecule has 2 rings (SSSR count). The fourth-order valence-corrected chi connectivity index (χ4v) is 2.63. The Balaban J connectivity index is 1.96. The minimum absolute atomic E-state index is 0.159. The van der Waals surface area contributed by atoms with Gasteiger partial charge in [0.15, 0.2) is 0 Å². The third kappa shape index (κ3) is 3.75. The fraction of sp³-hybridized carbons (Fsp3) is 0.231. The first kappa shape index (κ1) is 14.4. The molecular weight excluding hydrogens is 276 g/mol. The maximum Gasteiger partial charge on any atom is 0.242 e. The van der Waals surface area contributed by atoms with Crippen LogP contribution >= 0.6 is 0 Å². The van der Waals surface area contributed by atoms with E-state index in [0.717, 1.165) is 5.56 Å². The molecule has 0 radical (unpaired) electrons. The predicted octanol–water partition coefficient (Wildman–Crippen LogP) is 1.04. The third-order valence-corrected chi connectivity index (χ3v) is 4.20. The number of pyridine rings is 2. The van der Waals surface area contributed by atoms with Gasteiger partial charge in [-0.05, 0) is 36.2 Å². The molecule has 0 aliphatic rings. The number of aromatic nitrogens is 2. The van der Waals surface area contributed by atoms with Crippen LogP contribution in [0.15, 0.2) is 47.8 Å². The first-order valence-electron chi connectivity index (χ1n) is 6.14. The molecule has 0 saturated carbocycles. The van der Waals surface area contributed by atoms with Gasteiger partial charge in [-0.3, -0.25) is 4.98 Å². The van der Waals surface area contributed by atoms with Crippen LogP contribution in [0.1, 0.15) is 5.56 Å². The molecule has 0 amide bonds. The third-order valence-electron chi connectivity index (χ3n) is 2.76. The van der Waals surface area contributed by atoms with Crippen molar-refractivity contribution < 1.29 is 8.42 Å². The van der Waals surface area contributed by atoms with E-state index in [1.807, 2.05) is 12.1 Å². The number of hydrogen-bond donors (Lipinski definition) is 2. The minimum atomic E-state index is -3.51. The Morgan fingerprint density at radius 1 is 1.15 bits per heavy atom. The van der Waals surface area contributed by atoms with Gasteiger partial charge in [0.25, 0.3) is 0 Å². The summed E-state index contributed by atoms with van der Waals surface area (Å²) in [6.45, 7) is 0.333. The molecule has 2 aromatic rings. The van der Waals surface area contributed by atoms with Crippen LogP contribution in [-0.2, 0) is 16.4 Å². The molecule has 6 nitrogen and oxygen atoms in total. The minimum Gasteiger partial charge on any atom is -0.373 e. The Labute approximate surface area is 118 Å². The van der Waals surface area contributed by atoms with Gasteiger partial charge in [-0.25, -0.2) is 18.1 Å². The number of nitrogens with one attached hydrogen (secondary N) is 2. The van der Waals surface area contributed by atoms with Gasteiger partial charge in [0.2, 0.25) is 10.0 Å². The first-order chi connectivity index (χ1) is 9.62. The Hall–Kier alpha value is -1.99. The maximum atomic E-state index is 12.0. The summed E-state index contributed by atoms with van der Waals surface area (Å²) in [6, 6.07) is 6.86. The Bertz CT molecular complexity index is 642. The molecule has 7 heteroatoms. The summed E-state index contributed by atoms with van der Waals surface area (Å²) in [5.41, 5.74) is 1.03. The van der Waals surface area contributed by atoms with Crippen molar-refractivity contribution in [2.75, 3.05) is 18.9 Å². The molecule has 0 spiro atoms. The number of hydrogen-bond acceptors (Lipinski definition) is 5. The summed E-state index contributed by atoms with van der Waals surface area (Å²) >= 11 is 0. The normalized spacial score (nSPS) is 11.2. The highest BCUT2D eigenvalue weighted by Gasteiger charge is 2.13. The van der Waals surface area contributed by atoms with Crippen LogP contribution in [0.5, 0.6) is 0 Å². The van der Waals surface area contributed by atoms with Crippen LogP contribution in [-0.4, -0.2) is 32.0 Å². The second-order valence-corrected chi connectivity index (χ2v) is 5.90. The van der Waals surface area contributed by atoms with Crippen LogP contribution in [0.4, 0.5) is 5.82 Å². The van der Waals surface area contributed by atoms with Gasteiger partial charge >= 0.3 is 0 Å². The van der Waals surface area contributed by atoms with E-state index in [-0.39, 0.29) is 4.90 Å². The van der Waals surface area contributed by atoms with Gasteiger partial charge in [0.05, 0.1) is 0 Å². The van der Waals surface area contributed by atoms with E-state index in [1.165, 1.54) is 12.3 Å². The highest BCUT2D eigenvalue weighted by Crippen LogP contribution is 2.10. The molecule has 0 aliphatic carbocycles. The van der Waals surface area contributed by atoms with E-state index in [0.29, 0.717) is 18.8 Å². The Kier molecular flexibility index (Phi) is 4.65. The van der Waals surface area contributed by atoms with E-state index >= 15 is 0 Å². The lowest BCUT2D eigenvalue weighted by Crippen LogP contribution is -2.26. The fourth-order valence-electron chi connectivity index (χ4n) is 1.65. The predicted molar refractivity (Wildman–Crippen MR) is 76.9 cm³/mol. The average molecular weight is 292 g/mol. The summed E-state index contributed by atoms with van der Waals surface area (Å²) in [5.74, 6) is 0.626. The maximum absolute atomic E-state index is 12.0. The zero-order chi connectivity index (χ0) is 14.4. The SMILES string of the molecule is CNc1ccc(S(=O)(=O)NCCc2ccncc2)cn1. The van der Waals surface area contributed by atoms with Gasteiger partial charge in [0, 0.05) is 32.2 Å². The lowest BCUT2D eigenvalue weighted by molar-refractivity contribution is 0.581.